The van der Waals surface area contributed by atoms with Crippen LogP contribution in [-0.4, -0.2) is 35.5 Å². The SMILES string of the molecule is COc1ccc2c(c1)CCCN1C(=O)CC3C(C(=O)O)C(C)CC231. The van der Waals surface area contributed by atoms with E-state index in [4.69, 9.17) is 4.74 Å². The molecule has 5 nitrogen and oxygen atoms in total. The van der Waals surface area contributed by atoms with Crippen LogP contribution < -0.4 is 4.74 Å². The van der Waals surface area contributed by atoms with E-state index in [0.717, 1.165) is 30.6 Å². The van der Waals surface area contributed by atoms with E-state index in [1.54, 1.807) is 7.11 Å². The molecule has 1 spiro atoms. The van der Waals surface area contributed by atoms with Crippen LogP contribution in [0.25, 0.3) is 0 Å². The quantitative estimate of drug-likeness (QED) is 0.905. The first-order valence-electron chi connectivity index (χ1n) is 8.69. The van der Waals surface area contributed by atoms with Gasteiger partial charge in [-0.25, -0.2) is 0 Å². The molecule has 4 unspecified atom stereocenters. The van der Waals surface area contributed by atoms with Crippen LogP contribution in [0.4, 0.5) is 0 Å². The van der Waals surface area contributed by atoms with Crippen molar-refractivity contribution in [3.05, 3.63) is 29.3 Å². The van der Waals surface area contributed by atoms with E-state index < -0.39 is 17.4 Å². The molecule has 2 heterocycles. The molecule has 5 heteroatoms. The molecule has 1 N–H and O–H groups in total. The lowest BCUT2D eigenvalue weighted by Gasteiger charge is -2.39. The number of aliphatic carboxylic acids is 1. The van der Waals surface area contributed by atoms with Crippen molar-refractivity contribution in [3.8, 4) is 5.75 Å². The largest absolute Gasteiger partial charge is 0.497 e. The summed E-state index contributed by atoms with van der Waals surface area (Å²) in [5.74, 6) is -0.355. The number of carboxylic acid groups (broad SMARTS) is 1. The Kier molecular flexibility index (Phi) is 3.37. The number of carbonyl (C=O) groups is 2. The molecule has 3 aliphatic rings. The van der Waals surface area contributed by atoms with Crippen molar-refractivity contribution >= 4 is 11.9 Å². The summed E-state index contributed by atoms with van der Waals surface area (Å²) in [7, 11) is 1.66. The van der Waals surface area contributed by atoms with Gasteiger partial charge in [0.1, 0.15) is 5.75 Å². The molecule has 1 aliphatic carbocycles. The normalized spacial score (nSPS) is 34.3. The fourth-order valence-corrected chi connectivity index (χ4v) is 5.54. The Bertz CT molecular complexity index is 715. The highest BCUT2D eigenvalue weighted by Gasteiger charge is 2.64. The molecule has 2 fully saturated rings. The molecule has 0 bridgehead atoms. The minimum atomic E-state index is -0.765. The van der Waals surface area contributed by atoms with E-state index in [1.807, 2.05) is 17.9 Å². The second-order valence-electron chi connectivity index (χ2n) is 7.45. The number of amides is 1. The zero-order chi connectivity index (χ0) is 17.1. The Labute approximate surface area is 141 Å². The van der Waals surface area contributed by atoms with Crippen LogP contribution in [0, 0.1) is 17.8 Å². The summed E-state index contributed by atoms with van der Waals surface area (Å²) in [4.78, 5) is 26.6. The highest BCUT2D eigenvalue weighted by Crippen LogP contribution is 2.60. The topological polar surface area (TPSA) is 66.8 Å². The van der Waals surface area contributed by atoms with Crippen molar-refractivity contribution in [2.75, 3.05) is 13.7 Å². The fraction of sp³-hybridized carbons (Fsp3) is 0.579. The van der Waals surface area contributed by atoms with Gasteiger partial charge in [0.05, 0.1) is 18.6 Å². The van der Waals surface area contributed by atoms with Crippen molar-refractivity contribution < 1.29 is 19.4 Å². The third kappa shape index (κ3) is 1.87. The molecule has 0 radical (unpaired) electrons. The molecule has 1 aromatic carbocycles. The van der Waals surface area contributed by atoms with E-state index in [-0.39, 0.29) is 17.7 Å². The van der Waals surface area contributed by atoms with Gasteiger partial charge in [0.2, 0.25) is 5.91 Å². The molecule has 2 aliphatic heterocycles. The van der Waals surface area contributed by atoms with Crippen molar-refractivity contribution in [1.82, 2.24) is 4.90 Å². The molecule has 4 atom stereocenters. The monoisotopic (exact) mass is 329 g/mol. The Morgan fingerprint density at radius 2 is 2.21 bits per heavy atom. The zero-order valence-corrected chi connectivity index (χ0v) is 14.1. The number of carbonyl (C=O) groups excluding carboxylic acids is 1. The van der Waals surface area contributed by atoms with Crippen molar-refractivity contribution in [1.29, 1.82) is 0 Å². The number of hydrogen-bond acceptors (Lipinski definition) is 3. The van der Waals surface area contributed by atoms with Crippen LogP contribution in [0.5, 0.6) is 5.75 Å². The van der Waals surface area contributed by atoms with E-state index in [1.165, 1.54) is 5.56 Å². The van der Waals surface area contributed by atoms with Crippen molar-refractivity contribution in [2.24, 2.45) is 17.8 Å². The molecule has 4 rings (SSSR count). The minimum Gasteiger partial charge on any atom is -0.497 e. The van der Waals surface area contributed by atoms with Crippen molar-refractivity contribution in [3.63, 3.8) is 0 Å². The van der Waals surface area contributed by atoms with Crippen LogP contribution in [0.2, 0.25) is 0 Å². The summed E-state index contributed by atoms with van der Waals surface area (Å²) >= 11 is 0. The number of benzene rings is 1. The third-order valence-electron chi connectivity index (χ3n) is 6.36. The second kappa shape index (κ2) is 5.23. The predicted octanol–water partition coefficient (Wildman–Crippen LogP) is 2.43. The van der Waals surface area contributed by atoms with Gasteiger partial charge in [0.25, 0.3) is 0 Å². The number of fused-ring (bicyclic) bond motifs is 1. The summed E-state index contributed by atoms with van der Waals surface area (Å²) in [6.45, 7) is 2.73. The average molecular weight is 329 g/mol. The number of methoxy groups -OCH3 is 1. The summed E-state index contributed by atoms with van der Waals surface area (Å²) < 4.78 is 5.37. The van der Waals surface area contributed by atoms with E-state index in [2.05, 4.69) is 12.1 Å². The average Bonchev–Trinajstić information content (AvgIpc) is 2.89. The Hall–Kier alpha value is -2.04. The highest BCUT2D eigenvalue weighted by atomic mass is 16.5. The number of carboxylic acids is 1. The van der Waals surface area contributed by atoms with E-state index in [0.29, 0.717) is 13.0 Å². The van der Waals surface area contributed by atoms with Crippen LogP contribution >= 0.6 is 0 Å². The van der Waals surface area contributed by atoms with Crippen LogP contribution in [0.15, 0.2) is 18.2 Å². The first-order chi connectivity index (χ1) is 11.5. The molecule has 1 amide bonds. The maximum atomic E-state index is 12.7. The number of ether oxygens (including phenoxy) is 1. The first kappa shape index (κ1) is 15.5. The molecule has 128 valence electrons. The second-order valence-corrected chi connectivity index (χ2v) is 7.45. The highest BCUT2D eigenvalue weighted by molar-refractivity contribution is 5.84. The number of hydrogen-bond donors (Lipinski definition) is 1. The predicted molar refractivity (Wildman–Crippen MR) is 87.7 cm³/mol. The van der Waals surface area contributed by atoms with Gasteiger partial charge in [0.15, 0.2) is 0 Å². The zero-order valence-electron chi connectivity index (χ0n) is 14.1. The van der Waals surface area contributed by atoms with Crippen LogP contribution in [-0.2, 0) is 21.5 Å². The van der Waals surface area contributed by atoms with E-state index >= 15 is 0 Å². The standard InChI is InChI=1S/C19H23NO4/c1-11-10-19-14-6-5-13(24-2)8-12(14)4-3-7-20(19)16(21)9-15(19)17(11)18(22)23/h5-6,8,11,15,17H,3-4,7,9-10H2,1-2H3,(H,22,23). The van der Waals surface area contributed by atoms with Gasteiger partial charge >= 0.3 is 5.97 Å². The molecule has 0 aromatic heterocycles. The lowest BCUT2D eigenvalue weighted by molar-refractivity contribution is -0.144. The van der Waals surface area contributed by atoms with Gasteiger partial charge in [-0.2, -0.15) is 0 Å². The van der Waals surface area contributed by atoms with Gasteiger partial charge < -0.3 is 14.7 Å². The lowest BCUT2D eigenvalue weighted by atomic mass is 9.76. The maximum Gasteiger partial charge on any atom is 0.307 e. The third-order valence-corrected chi connectivity index (χ3v) is 6.36. The van der Waals surface area contributed by atoms with Gasteiger partial charge in [-0.05, 0) is 48.4 Å². The van der Waals surface area contributed by atoms with Crippen molar-refractivity contribution in [2.45, 2.75) is 38.1 Å². The molecule has 1 saturated carbocycles. The van der Waals surface area contributed by atoms with Gasteiger partial charge in [-0.15, -0.1) is 0 Å². The molecule has 1 saturated heterocycles. The number of rotatable bonds is 2. The smallest absolute Gasteiger partial charge is 0.307 e. The Balaban J connectivity index is 1.92. The number of nitrogens with zero attached hydrogens (tertiary/aromatic N) is 1. The molecular weight excluding hydrogens is 306 g/mol. The summed E-state index contributed by atoms with van der Waals surface area (Å²) in [6.07, 6.45) is 2.90. The molecular formula is C19H23NO4. The van der Waals surface area contributed by atoms with Gasteiger partial charge in [0, 0.05) is 18.9 Å². The summed E-state index contributed by atoms with van der Waals surface area (Å²) in [5, 5.41) is 9.75. The lowest BCUT2D eigenvalue weighted by Crippen LogP contribution is -2.45. The van der Waals surface area contributed by atoms with E-state index in [9.17, 15) is 14.7 Å². The van der Waals surface area contributed by atoms with Crippen LogP contribution in [0.1, 0.15) is 37.3 Å². The maximum absolute atomic E-state index is 12.7. The van der Waals surface area contributed by atoms with Crippen LogP contribution in [0.3, 0.4) is 0 Å². The van der Waals surface area contributed by atoms with Gasteiger partial charge in [-0.3, -0.25) is 9.59 Å². The summed E-state index contributed by atoms with van der Waals surface area (Å²) in [6, 6.07) is 6.07. The fourth-order valence-electron chi connectivity index (χ4n) is 5.54. The van der Waals surface area contributed by atoms with Gasteiger partial charge in [-0.1, -0.05) is 13.0 Å². The minimum absolute atomic E-state index is 0.0659. The molecule has 24 heavy (non-hydrogen) atoms. The number of aryl methyl sites for hydroxylation is 1. The molecule has 1 aromatic rings. The first-order valence-corrected chi connectivity index (χ1v) is 8.69. The Morgan fingerprint density at radius 1 is 1.42 bits per heavy atom. The Morgan fingerprint density at radius 3 is 2.92 bits per heavy atom. The summed E-state index contributed by atoms with van der Waals surface area (Å²) in [5.41, 5.74) is 1.90.